The highest BCUT2D eigenvalue weighted by molar-refractivity contribution is 5.78. The van der Waals surface area contributed by atoms with E-state index >= 15 is 0 Å². The number of carbonyl (C=O) groups is 2. The van der Waals surface area contributed by atoms with Crippen LogP contribution < -0.4 is 0 Å². The molecule has 0 aliphatic carbocycles. The van der Waals surface area contributed by atoms with Crippen molar-refractivity contribution in [1.29, 1.82) is 0 Å². The zero-order chi connectivity index (χ0) is 19.8. The van der Waals surface area contributed by atoms with Gasteiger partial charge < -0.3 is 14.7 Å². The second-order valence-electron chi connectivity index (χ2n) is 9.11. The second kappa shape index (κ2) is 7.85. The van der Waals surface area contributed by atoms with Crippen molar-refractivity contribution in [3.05, 3.63) is 18.0 Å². The molecule has 4 heterocycles. The van der Waals surface area contributed by atoms with Crippen LogP contribution >= 0.6 is 0 Å². The summed E-state index contributed by atoms with van der Waals surface area (Å²) < 4.78 is 1.86. The van der Waals surface area contributed by atoms with E-state index in [0.29, 0.717) is 43.2 Å². The summed E-state index contributed by atoms with van der Waals surface area (Å²) in [4.78, 5) is 32.2. The van der Waals surface area contributed by atoms with Crippen LogP contribution in [-0.2, 0) is 16.1 Å². The zero-order valence-corrected chi connectivity index (χ0v) is 17.4. The largest absolute Gasteiger partial charge is 0.342 e. The van der Waals surface area contributed by atoms with E-state index in [1.54, 1.807) is 0 Å². The maximum absolute atomic E-state index is 13.0. The first-order valence-electron chi connectivity index (χ1n) is 10.7. The number of aryl methyl sites for hydroxylation is 2. The second-order valence-corrected chi connectivity index (χ2v) is 9.11. The molecule has 2 bridgehead atoms. The molecule has 0 spiro atoms. The maximum Gasteiger partial charge on any atom is 0.224 e. The molecule has 1 aromatic heterocycles. The van der Waals surface area contributed by atoms with Gasteiger partial charge in [-0.1, -0.05) is 0 Å². The number of rotatable bonds is 5. The van der Waals surface area contributed by atoms with E-state index in [1.807, 2.05) is 23.9 Å². The third kappa shape index (κ3) is 3.81. The van der Waals surface area contributed by atoms with Crippen molar-refractivity contribution < 1.29 is 9.59 Å². The van der Waals surface area contributed by atoms with Gasteiger partial charge in [0.25, 0.3) is 0 Å². The number of amides is 2. The van der Waals surface area contributed by atoms with Crippen LogP contribution in [0.4, 0.5) is 0 Å². The lowest BCUT2D eigenvalue weighted by Crippen LogP contribution is -2.67. The molecule has 1 aromatic rings. The average molecular weight is 388 g/mol. The van der Waals surface area contributed by atoms with Crippen LogP contribution in [0.2, 0.25) is 0 Å². The minimum absolute atomic E-state index is 0.224. The molecule has 3 saturated heterocycles. The monoisotopic (exact) mass is 387 g/mol. The van der Waals surface area contributed by atoms with E-state index in [1.165, 1.54) is 0 Å². The number of carbonyl (C=O) groups excluding carboxylic acids is 2. The van der Waals surface area contributed by atoms with E-state index in [-0.39, 0.29) is 11.9 Å². The first-order chi connectivity index (χ1) is 13.4. The minimum Gasteiger partial charge on any atom is -0.342 e. The number of likely N-dealkylation sites (tertiary alicyclic amines) is 1. The van der Waals surface area contributed by atoms with Crippen LogP contribution in [0.1, 0.15) is 37.8 Å². The predicted molar refractivity (Wildman–Crippen MR) is 107 cm³/mol. The molecule has 0 unspecified atom stereocenters. The number of fused-ring (bicyclic) bond motifs is 4. The lowest BCUT2D eigenvalue weighted by molar-refractivity contribution is -0.157. The fourth-order valence-electron chi connectivity index (χ4n) is 5.54. The molecule has 3 aliphatic heterocycles. The summed E-state index contributed by atoms with van der Waals surface area (Å²) in [7, 11) is 4.15. The smallest absolute Gasteiger partial charge is 0.224 e. The molecule has 4 atom stereocenters. The predicted octanol–water partition coefficient (Wildman–Crippen LogP) is 1.37. The summed E-state index contributed by atoms with van der Waals surface area (Å²) in [5, 5.41) is 4.39. The van der Waals surface area contributed by atoms with Crippen molar-refractivity contribution in [3.8, 4) is 0 Å². The number of aromatic nitrogens is 2. The number of hydrogen-bond donors (Lipinski definition) is 0. The fraction of sp³-hybridized carbons (Fsp3) is 0.762. The van der Waals surface area contributed by atoms with Gasteiger partial charge in [-0.2, -0.15) is 5.10 Å². The Morgan fingerprint density at radius 1 is 1.29 bits per heavy atom. The normalized spacial score (nSPS) is 29.9. The van der Waals surface area contributed by atoms with E-state index < -0.39 is 0 Å². The van der Waals surface area contributed by atoms with Gasteiger partial charge in [-0.15, -0.1) is 0 Å². The SMILES string of the molecule is Cc1ccn(CCC(=O)N2C[C@H]3C[C@@H](C2)[C@H](CN(C)C)N2C(=O)CCC[C@@H]32)n1. The van der Waals surface area contributed by atoms with Gasteiger partial charge in [-0.05, 0) is 58.2 Å². The van der Waals surface area contributed by atoms with Crippen molar-refractivity contribution >= 4 is 11.8 Å². The minimum atomic E-state index is 0.224. The van der Waals surface area contributed by atoms with Gasteiger partial charge in [0.2, 0.25) is 11.8 Å². The van der Waals surface area contributed by atoms with Crippen molar-refractivity contribution in [2.24, 2.45) is 11.8 Å². The molecule has 3 aliphatic rings. The van der Waals surface area contributed by atoms with Crippen LogP contribution in [0, 0.1) is 18.8 Å². The molecular weight excluding hydrogens is 354 g/mol. The Morgan fingerprint density at radius 3 is 2.79 bits per heavy atom. The van der Waals surface area contributed by atoms with Gasteiger partial charge in [0.05, 0.1) is 5.69 Å². The highest BCUT2D eigenvalue weighted by Gasteiger charge is 2.49. The van der Waals surface area contributed by atoms with Gasteiger partial charge >= 0.3 is 0 Å². The Balaban J connectivity index is 1.47. The van der Waals surface area contributed by atoms with Crippen LogP contribution in [0.25, 0.3) is 0 Å². The molecule has 7 nitrogen and oxygen atoms in total. The molecule has 0 N–H and O–H groups in total. The lowest BCUT2D eigenvalue weighted by Gasteiger charge is -2.57. The summed E-state index contributed by atoms with van der Waals surface area (Å²) in [6.07, 6.45) is 6.34. The highest BCUT2D eigenvalue weighted by atomic mass is 16.2. The standard InChI is InChI=1S/C21H33N5O2/c1-15-7-9-25(22-15)10-8-20(27)24-12-16-11-17(13-24)19(14-23(2)3)26-18(16)5-4-6-21(26)28/h7,9,16-19H,4-6,8,10-14H2,1-3H3/t16-,17+,18+,19+/m1/s1. The van der Waals surface area contributed by atoms with Crippen LogP contribution in [0.5, 0.6) is 0 Å². The molecule has 7 heteroatoms. The van der Waals surface area contributed by atoms with Gasteiger partial charge in [-0.3, -0.25) is 14.3 Å². The van der Waals surface area contributed by atoms with Crippen LogP contribution in [-0.4, -0.2) is 82.1 Å². The van der Waals surface area contributed by atoms with E-state index in [2.05, 4.69) is 33.9 Å². The van der Waals surface area contributed by atoms with Crippen LogP contribution in [0.3, 0.4) is 0 Å². The Hall–Kier alpha value is -1.89. The molecule has 154 valence electrons. The fourth-order valence-corrected chi connectivity index (χ4v) is 5.54. The molecular formula is C21H33N5O2. The van der Waals surface area contributed by atoms with E-state index in [0.717, 1.165) is 44.6 Å². The molecule has 0 saturated carbocycles. The molecule has 28 heavy (non-hydrogen) atoms. The zero-order valence-electron chi connectivity index (χ0n) is 17.4. The van der Waals surface area contributed by atoms with E-state index in [9.17, 15) is 9.59 Å². The first kappa shape index (κ1) is 19.4. The van der Waals surface area contributed by atoms with Crippen molar-refractivity contribution in [3.63, 3.8) is 0 Å². The molecule has 0 radical (unpaired) electrons. The molecule has 4 rings (SSSR count). The first-order valence-corrected chi connectivity index (χ1v) is 10.7. The lowest BCUT2D eigenvalue weighted by atomic mass is 9.72. The molecule has 2 amide bonds. The van der Waals surface area contributed by atoms with Gasteiger partial charge in [0.1, 0.15) is 0 Å². The van der Waals surface area contributed by atoms with Crippen molar-refractivity contribution in [2.45, 2.75) is 57.7 Å². The summed E-state index contributed by atoms with van der Waals surface area (Å²) in [5.41, 5.74) is 0.980. The summed E-state index contributed by atoms with van der Waals surface area (Å²) in [5.74, 6) is 1.36. The number of hydrogen-bond acceptors (Lipinski definition) is 4. The quantitative estimate of drug-likeness (QED) is 0.766. The highest BCUT2D eigenvalue weighted by Crippen LogP contribution is 2.41. The number of piperidine rings is 3. The number of nitrogens with zero attached hydrogens (tertiary/aromatic N) is 5. The average Bonchev–Trinajstić information content (AvgIpc) is 3.08. The van der Waals surface area contributed by atoms with Crippen molar-refractivity contribution in [1.82, 2.24) is 24.5 Å². The Morgan fingerprint density at radius 2 is 2.07 bits per heavy atom. The van der Waals surface area contributed by atoms with Crippen LogP contribution in [0.15, 0.2) is 12.3 Å². The Kier molecular flexibility index (Phi) is 5.45. The van der Waals surface area contributed by atoms with Gasteiger partial charge in [0.15, 0.2) is 0 Å². The Labute approximate surface area is 167 Å². The summed E-state index contributed by atoms with van der Waals surface area (Å²) in [6.45, 7) is 5.06. The molecule has 3 fully saturated rings. The molecule has 0 aromatic carbocycles. The summed E-state index contributed by atoms with van der Waals surface area (Å²) >= 11 is 0. The Bertz CT molecular complexity index is 730. The topological polar surface area (TPSA) is 61.7 Å². The van der Waals surface area contributed by atoms with E-state index in [4.69, 9.17) is 0 Å². The third-order valence-electron chi connectivity index (χ3n) is 6.73. The van der Waals surface area contributed by atoms with Gasteiger partial charge in [0, 0.05) is 57.3 Å². The summed E-state index contributed by atoms with van der Waals surface area (Å²) in [6, 6.07) is 2.51. The third-order valence-corrected chi connectivity index (χ3v) is 6.73. The number of likely N-dealkylation sites (N-methyl/N-ethyl adjacent to an activating group) is 1. The maximum atomic E-state index is 13.0. The van der Waals surface area contributed by atoms with Gasteiger partial charge in [-0.25, -0.2) is 0 Å². The van der Waals surface area contributed by atoms with Crippen molar-refractivity contribution in [2.75, 3.05) is 33.7 Å².